The highest BCUT2D eigenvalue weighted by molar-refractivity contribution is 7.99. The SMILES string of the molecule is CSC1CCCC(NC(=O)NCC(=O)NCC(=O)O)C1. The summed E-state index contributed by atoms with van der Waals surface area (Å²) in [6.07, 6.45) is 6.24. The van der Waals surface area contributed by atoms with E-state index in [4.69, 9.17) is 5.11 Å². The molecule has 1 rings (SSSR count). The second-order valence-corrected chi connectivity index (χ2v) is 5.86. The maximum absolute atomic E-state index is 11.6. The van der Waals surface area contributed by atoms with E-state index >= 15 is 0 Å². The van der Waals surface area contributed by atoms with Gasteiger partial charge in [-0.3, -0.25) is 9.59 Å². The number of urea groups is 1. The van der Waals surface area contributed by atoms with Gasteiger partial charge in [0.2, 0.25) is 5.91 Å². The van der Waals surface area contributed by atoms with Crippen LogP contribution in [0.5, 0.6) is 0 Å². The minimum absolute atomic E-state index is 0.142. The molecule has 0 spiro atoms. The summed E-state index contributed by atoms with van der Waals surface area (Å²) >= 11 is 1.81. The van der Waals surface area contributed by atoms with Gasteiger partial charge in [0.1, 0.15) is 6.54 Å². The lowest BCUT2D eigenvalue weighted by molar-refractivity contribution is -0.137. The van der Waals surface area contributed by atoms with Crippen LogP contribution in [0.3, 0.4) is 0 Å². The normalized spacial score (nSPS) is 21.9. The second-order valence-electron chi connectivity index (χ2n) is 4.72. The summed E-state index contributed by atoms with van der Waals surface area (Å²) in [4.78, 5) is 33.1. The van der Waals surface area contributed by atoms with E-state index in [1.165, 1.54) is 6.42 Å². The lowest BCUT2D eigenvalue weighted by atomic mass is 9.95. The molecular weight excluding hydrogens is 282 g/mol. The van der Waals surface area contributed by atoms with Gasteiger partial charge in [-0.25, -0.2) is 4.79 Å². The number of amides is 3. The quantitative estimate of drug-likeness (QED) is 0.559. The molecule has 0 saturated heterocycles. The Morgan fingerprint density at radius 2 is 1.95 bits per heavy atom. The van der Waals surface area contributed by atoms with Gasteiger partial charge in [-0.2, -0.15) is 11.8 Å². The molecule has 0 radical (unpaired) electrons. The largest absolute Gasteiger partial charge is 0.480 e. The summed E-state index contributed by atoms with van der Waals surface area (Å²) < 4.78 is 0. The van der Waals surface area contributed by atoms with Crippen molar-refractivity contribution in [1.82, 2.24) is 16.0 Å². The Bertz CT molecular complexity index is 365. The summed E-state index contributed by atoms with van der Waals surface area (Å²) in [5, 5.41) is 16.4. The zero-order chi connectivity index (χ0) is 15.0. The Kier molecular flexibility index (Phi) is 7.21. The molecule has 8 heteroatoms. The van der Waals surface area contributed by atoms with Crippen molar-refractivity contribution in [2.45, 2.75) is 37.0 Å². The molecule has 0 bridgehead atoms. The van der Waals surface area contributed by atoms with Crippen molar-refractivity contribution < 1.29 is 19.5 Å². The van der Waals surface area contributed by atoms with Crippen molar-refractivity contribution in [2.75, 3.05) is 19.3 Å². The average molecular weight is 303 g/mol. The zero-order valence-electron chi connectivity index (χ0n) is 11.5. The topological polar surface area (TPSA) is 108 Å². The van der Waals surface area contributed by atoms with E-state index in [1.807, 2.05) is 11.8 Å². The number of carboxylic acid groups (broad SMARTS) is 1. The smallest absolute Gasteiger partial charge is 0.322 e. The van der Waals surface area contributed by atoms with Gasteiger partial charge in [0.15, 0.2) is 0 Å². The van der Waals surface area contributed by atoms with Crippen LogP contribution in [-0.2, 0) is 9.59 Å². The fraction of sp³-hybridized carbons (Fsp3) is 0.750. The minimum Gasteiger partial charge on any atom is -0.480 e. The molecular formula is C12H21N3O4S. The summed E-state index contributed by atoms with van der Waals surface area (Å²) in [7, 11) is 0. The number of nitrogens with one attached hydrogen (secondary N) is 3. The average Bonchev–Trinajstić information content (AvgIpc) is 2.43. The molecule has 1 fully saturated rings. The Morgan fingerprint density at radius 3 is 2.60 bits per heavy atom. The van der Waals surface area contributed by atoms with Gasteiger partial charge in [0.25, 0.3) is 0 Å². The van der Waals surface area contributed by atoms with E-state index in [2.05, 4.69) is 22.2 Å². The first-order valence-electron chi connectivity index (χ1n) is 6.57. The molecule has 1 aliphatic rings. The third-order valence-corrected chi connectivity index (χ3v) is 4.24. The first kappa shape index (κ1) is 16.6. The van der Waals surface area contributed by atoms with Crippen LogP contribution in [0.1, 0.15) is 25.7 Å². The maximum atomic E-state index is 11.6. The van der Waals surface area contributed by atoms with Crippen molar-refractivity contribution in [3.05, 3.63) is 0 Å². The Balaban J connectivity index is 2.19. The molecule has 0 aliphatic heterocycles. The summed E-state index contributed by atoms with van der Waals surface area (Å²) in [6.45, 7) is -0.669. The number of thioether (sulfide) groups is 1. The molecule has 0 aromatic carbocycles. The van der Waals surface area contributed by atoms with Gasteiger partial charge in [0.05, 0.1) is 6.54 Å². The van der Waals surface area contributed by atoms with E-state index in [1.54, 1.807) is 0 Å². The number of rotatable bonds is 6. The highest BCUT2D eigenvalue weighted by atomic mass is 32.2. The lowest BCUT2D eigenvalue weighted by Crippen LogP contribution is -2.47. The highest BCUT2D eigenvalue weighted by Crippen LogP contribution is 2.26. The number of hydrogen-bond acceptors (Lipinski definition) is 4. The Morgan fingerprint density at radius 1 is 1.20 bits per heavy atom. The van der Waals surface area contributed by atoms with E-state index in [0.29, 0.717) is 5.25 Å². The molecule has 20 heavy (non-hydrogen) atoms. The number of carboxylic acids is 1. The second kappa shape index (κ2) is 8.68. The molecule has 0 heterocycles. The highest BCUT2D eigenvalue weighted by Gasteiger charge is 2.22. The van der Waals surface area contributed by atoms with Crippen LogP contribution in [0.4, 0.5) is 4.79 Å². The van der Waals surface area contributed by atoms with Crippen LogP contribution in [0, 0.1) is 0 Å². The standard InChI is InChI=1S/C12H21N3O4S/c1-20-9-4-2-3-8(5-9)15-12(19)14-6-10(16)13-7-11(17)18/h8-9H,2-7H2,1H3,(H,13,16)(H,17,18)(H2,14,15,19). The van der Waals surface area contributed by atoms with Gasteiger partial charge < -0.3 is 21.1 Å². The van der Waals surface area contributed by atoms with Gasteiger partial charge in [0, 0.05) is 11.3 Å². The van der Waals surface area contributed by atoms with E-state index in [-0.39, 0.29) is 18.6 Å². The number of carbonyl (C=O) groups is 3. The van der Waals surface area contributed by atoms with Crippen LogP contribution in [-0.4, -0.2) is 53.7 Å². The van der Waals surface area contributed by atoms with Crippen molar-refractivity contribution in [2.24, 2.45) is 0 Å². The Hall–Kier alpha value is -1.44. The van der Waals surface area contributed by atoms with Crippen molar-refractivity contribution in [1.29, 1.82) is 0 Å². The molecule has 2 unspecified atom stereocenters. The molecule has 3 amide bonds. The van der Waals surface area contributed by atoms with Gasteiger partial charge in [-0.05, 0) is 25.5 Å². The summed E-state index contributed by atoms with van der Waals surface area (Å²) in [5.41, 5.74) is 0. The van der Waals surface area contributed by atoms with Crippen LogP contribution < -0.4 is 16.0 Å². The number of carbonyl (C=O) groups excluding carboxylic acids is 2. The fourth-order valence-corrected chi connectivity index (χ4v) is 2.95. The molecule has 0 aromatic rings. The van der Waals surface area contributed by atoms with Crippen LogP contribution in [0.2, 0.25) is 0 Å². The molecule has 1 aliphatic carbocycles. The molecule has 1 saturated carbocycles. The third-order valence-electron chi connectivity index (χ3n) is 3.14. The van der Waals surface area contributed by atoms with Crippen LogP contribution in [0.25, 0.3) is 0 Å². The number of hydrogen-bond donors (Lipinski definition) is 4. The Labute approximate surface area is 122 Å². The van der Waals surface area contributed by atoms with Crippen molar-refractivity contribution in [3.63, 3.8) is 0 Å². The van der Waals surface area contributed by atoms with E-state index in [9.17, 15) is 14.4 Å². The predicted molar refractivity (Wildman–Crippen MR) is 76.7 cm³/mol. The molecule has 0 aromatic heterocycles. The van der Waals surface area contributed by atoms with E-state index < -0.39 is 18.4 Å². The van der Waals surface area contributed by atoms with Crippen molar-refractivity contribution >= 4 is 29.7 Å². The first-order valence-corrected chi connectivity index (χ1v) is 7.85. The monoisotopic (exact) mass is 303 g/mol. The van der Waals surface area contributed by atoms with Gasteiger partial charge in [-0.15, -0.1) is 0 Å². The minimum atomic E-state index is -1.12. The molecule has 2 atom stereocenters. The fourth-order valence-electron chi connectivity index (χ4n) is 2.12. The van der Waals surface area contributed by atoms with Gasteiger partial charge >= 0.3 is 12.0 Å². The summed E-state index contributed by atoms with van der Waals surface area (Å²) in [6, 6.07) is -0.245. The third kappa shape index (κ3) is 6.65. The maximum Gasteiger partial charge on any atom is 0.322 e. The lowest BCUT2D eigenvalue weighted by Gasteiger charge is -2.28. The molecule has 7 nitrogen and oxygen atoms in total. The van der Waals surface area contributed by atoms with Crippen LogP contribution >= 0.6 is 11.8 Å². The number of aliphatic carboxylic acids is 1. The zero-order valence-corrected chi connectivity index (χ0v) is 12.3. The molecule has 114 valence electrons. The van der Waals surface area contributed by atoms with Gasteiger partial charge in [-0.1, -0.05) is 6.42 Å². The van der Waals surface area contributed by atoms with E-state index in [0.717, 1.165) is 19.3 Å². The van der Waals surface area contributed by atoms with Crippen molar-refractivity contribution in [3.8, 4) is 0 Å². The van der Waals surface area contributed by atoms with Crippen LogP contribution in [0.15, 0.2) is 0 Å². The molecule has 4 N–H and O–H groups in total. The first-order chi connectivity index (χ1) is 9.51. The summed E-state index contributed by atoms with van der Waals surface area (Å²) in [5.74, 6) is -1.64. The predicted octanol–water partition coefficient (Wildman–Crippen LogP) is 0.161.